The van der Waals surface area contributed by atoms with Gasteiger partial charge in [-0.05, 0) is 152 Å². The molecule has 0 unspecified atom stereocenters. The number of ether oxygens (including phenoxy) is 2. The predicted molar refractivity (Wildman–Crippen MR) is 282 cm³/mol. The topological polar surface area (TPSA) is 281 Å². The van der Waals surface area contributed by atoms with Gasteiger partial charge >= 0.3 is 0 Å². The normalized spacial score (nSPS) is 17.8. The van der Waals surface area contributed by atoms with E-state index in [1.807, 2.05) is 39.8 Å². The highest BCUT2D eigenvalue weighted by Gasteiger charge is 2.35. The summed E-state index contributed by atoms with van der Waals surface area (Å²) in [5, 5.41) is -0.677. The third kappa shape index (κ3) is 12.8. The number of nitrogens with two attached hydrogens (primary N) is 2. The average Bonchev–Trinajstić information content (AvgIpc) is 3.85. The van der Waals surface area contributed by atoms with Crippen molar-refractivity contribution < 1.29 is 35.9 Å². The lowest BCUT2D eigenvalue weighted by Crippen LogP contribution is -2.37. The molecule has 2 aliphatic heterocycles. The molecule has 20 nitrogen and oxygen atoms in total. The Bertz CT molecular complexity index is 3180. The maximum Gasteiger partial charge on any atom is 0.281 e. The highest BCUT2D eigenvalue weighted by molar-refractivity contribution is 9.10. The van der Waals surface area contributed by atoms with E-state index in [0.29, 0.717) is 44.8 Å². The first-order valence-electron chi connectivity index (χ1n) is 23.6. The minimum Gasteiger partial charge on any atom is -0.475 e. The Hall–Kier alpha value is -6.98. The number of halogens is 1. The predicted octanol–water partition coefficient (Wildman–Crippen LogP) is 7.57. The van der Waals surface area contributed by atoms with Crippen molar-refractivity contribution in [3.8, 4) is 34.3 Å². The molecule has 0 spiro atoms. The molecule has 6 N–H and O–H groups in total. The highest BCUT2D eigenvalue weighted by atomic mass is 79.9. The summed E-state index contributed by atoms with van der Waals surface area (Å²) in [6.07, 6.45) is 7.02. The summed E-state index contributed by atoms with van der Waals surface area (Å²) in [4.78, 5) is 56.8. The van der Waals surface area contributed by atoms with Crippen LogP contribution in [0.2, 0.25) is 0 Å². The summed E-state index contributed by atoms with van der Waals surface area (Å²) >= 11 is 3.52. The molecule has 2 saturated heterocycles. The van der Waals surface area contributed by atoms with Crippen LogP contribution < -0.4 is 40.2 Å². The number of rotatable bonds is 14. The summed E-state index contributed by atoms with van der Waals surface area (Å²) in [7, 11) is -8.50. The Kier molecular flexibility index (Phi) is 16.5. The Morgan fingerprint density at radius 1 is 0.603 bits per heavy atom. The number of nitrogen functional groups attached to an aromatic ring is 2. The van der Waals surface area contributed by atoms with Gasteiger partial charge in [-0.3, -0.25) is 9.59 Å². The number of aromatic nitrogens is 6. The molecule has 0 bridgehead atoms. The van der Waals surface area contributed by atoms with Crippen LogP contribution in [0.3, 0.4) is 0 Å². The van der Waals surface area contributed by atoms with Gasteiger partial charge in [0.25, 0.3) is 31.9 Å². The number of pyridine rings is 6. The van der Waals surface area contributed by atoms with E-state index in [9.17, 15) is 26.4 Å². The molecule has 8 heterocycles. The van der Waals surface area contributed by atoms with E-state index in [1.165, 1.54) is 36.4 Å². The van der Waals surface area contributed by atoms with Crippen molar-refractivity contribution in [3.05, 3.63) is 107 Å². The smallest absolute Gasteiger partial charge is 0.281 e. The number of hydrogen-bond donors (Lipinski definition) is 4. The van der Waals surface area contributed by atoms with Crippen molar-refractivity contribution in [2.45, 2.75) is 128 Å². The first kappa shape index (κ1) is 53.8. The SMILES string of the molecule is CC(C)Oc1ccc(-c2ccc(C(=O)NS(=O)(=O)c3cccc(N)n3)c(N3[C@H](C)CC[C@@H]3C)n2)cn1.CC(C)Oc1ccc(-c2nc(N3[C@H](C)CC[C@@H]3C)c(C(=O)NS(=O)(=O)c3cccc(N)n3)cc2Br)cn1. The molecule has 2 fully saturated rings. The van der Waals surface area contributed by atoms with Crippen LogP contribution in [0.4, 0.5) is 23.3 Å². The molecule has 8 rings (SSSR count). The zero-order valence-electron chi connectivity index (χ0n) is 41.6. The molecule has 23 heteroatoms. The molecule has 4 atom stereocenters. The standard InChI is InChI=1S/C25H29BrN6O4S.C25H30N6O4S/c1-14(2)36-21-11-10-17(13-28-21)23-19(26)12-18(24(30-23)32-15(3)8-9-16(32)4)25(33)31-37(34,35)22-7-5-6-20(27)29-22;1-15(2)35-22-13-10-18(14-27-22)20-12-11-19(24(28-20)31-16(3)8-9-17(31)4)25(32)30-36(33,34)23-7-5-6-21(26)29-23/h5-7,10-16H,8-9H2,1-4H3,(H2,27,29)(H,31,33);5-7,10-17H,8-9H2,1-4H3,(H2,26,29)(H,30,32)/t15-,16+;16-,17+. The second-order valence-electron chi connectivity index (χ2n) is 18.4. The number of nitrogens with zero attached hydrogens (tertiary/aromatic N) is 8. The van der Waals surface area contributed by atoms with Crippen molar-refractivity contribution in [2.75, 3.05) is 21.3 Å². The molecule has 0 saturated carbocycles. The molecule has 2 amide bonds. The maximum absolute atomic E-state index is 13.4. The molecular weight excluding hydrogens is 1040 g/mol. The van der Waals surface area contributed by atoms with Gasteiger partial charge in [0, 0.05) is 64.3 Å². The zero-order chi connectivity index (χ0) is 52.9. The molecule has 6 aromatic rings. The Morgan fingerprint density at radius 3 is 1.47 bits per heavy atom. The van der Waals surface area contributed by atoms with Gasteiger partial charge in [0.1, 0.15) is 23.3 Å². The van der Waals surface area contributed by atoms with Crippen molar-refractivity contribution in [1.29, 1.82) is 0 Å². The number of nitrogens with one attached hydrogen (secondary N) is 2. The fraction of sp³-hybridized carbons (Fsp3) is 0.360. The van der Waals surface area contributed by atoms with Crippen LogP contribution in [0.25, 0.3) is 22.5 Å². The zero-order valence-corrected chi connectivity index (χ0v) is 44.9. The Balaban J connectivity index is 0.000000214. The second-order valence-corrected chi connectivity index (χ2v) is 22.5. The van der Waals surface area contributed by atoms with Crippen LogP contribution >= 0.6 is 15.9 Å². The number of carbonyl (C=O) groups excluding carboxylic acids is 2. The lowest BCUT2D eigenvalue weighted by molar-refractivity contribution is 0.0972. The molecular formula is C50H59BrN12O8S2. The van der Waals surface area contributed by atoms with Crippen LogP contribution in [-0.4, -0.2) is 94.9 Å². The fourth-order valence-corrected chi connectivity index (χ4v) is 11.0. The van der Waals surface area contributed by atoms with Crippen molar-refractivity contribution in [2.24, 2.45) is 0 Å². The van der Waals surface area contributed by atoms with Gasteiger partial charge in [-0.2, -0.15) is 16.8 Å². The lowest BCUT2D eigenvalue weighted by atomic mass is 10.1. The van der Waals surface area contributed by atoms with Crippen LogP contribution in [0.5, 0.6) is 11.8 Å². The first-order valence-corrected chi connectivity index (χ1v) is 27.4. The van der Waals surface area contributed by atoms with Crippen molar-refractivity contribution >= 4 is 71.1 Å². The van der Waals surface area contributed by atoms with Crippen LogP contribution in [0, 0.1) is 0 Å². The van der Waals surface area contributed by atoms with Gasteiger partial charge in [0.05, 0.1) is 34.7 Å². The third-order valence-electron chi connectivity index (χ3n) is 12.0. The van der Waals surface area contributed by atoms with Crippen LogP contribution in [0.15, 0.2) is 106 Å². The third-order valence-corrected chi connectivity index (χ3v) is 15.0. The van der Waals surface area contributed by atoms with E-state index in [1.54, 1.807) is 42.7 Å². The van der Waals surface area contributed by atoms with E-state index in [4.69, 9.17) is 30.9 Å². The first-order chi connectivity index (χ1) is 34.5. The van der Waals surface area contributed by atoms with E-state index in [2.05, 4.69) is 82.8 Å². The van der Waals surface area contributed by atoms with Crippen molar-refractivity contribution in [1.82, 2.24) is 39.3 Å². The number of sulfonamides is 2. The average molecular weight is 1100 g/mol. The van der Waals surface area contributed by atoms with Crippen LogP contribution in [-0.2, 0) is 20.0 Å². The van der Waals surface area contributed by atoms with Gasteiger partial charge in [0.15, 0.2) is 10.1 Å². The van der Waals surface area contributed by atoms with E-state index >= 15 is 0 Å². The van der Waals surface area contributed by atoms with Gasteiger partial charge in [-0.15, -0.1) is 0 Å². The van der Waals surface area contributed by atoms with E-state index in [0.717, 1.165) is 31.2 Å². The number of hydrogen-bond acceptors (Lipinski definition) is 18. The van der Waals surface area contributed by atoms with Gasteiger partial charge in [-0.1, -0.05) is 12.1 Å². The number of anilines is 4. The highest BCUT2D eigenvalue weighted by Crippen LogP contribution is 2.38. The van der Waals surface area contributed by atoms with Gasteiger partial charge < -0.3 is 30.7 Å². The maximum atomic E-state index is 13.4. The fourth-order valence-electron chi connectivity index (χ4n) is 8.55. The van der Waals surface area contributed by atoms with Gasteiger partial charge in [0.2, 0.25) is 11.8 Å². The summed E-state index contributed by atoms with van der Waals surface area (Å²) in [5.41, 5.74) is 14.2. The summed E-state index contributed by atoms with van der Waals surface area (Å²) in [6.45, 7) is 15.9. The molecule has 0 aliphatic carbocycles. The van der Waals surface area contributed by atoms with Crippen molar-refractivity contribution in [3.63, 3.8) is 0 Å². The molecule has 73 heavy (non-hydrogen) atoms. The molecule has 0 aromatic carbocycles. The summed E-state index contributed by atoms with van der Waals surface area (Å²) in [5.74, 6) is 0.271. The molecule has 386 valence electrons. The largest absolute Gasteiger partial charge is 0.475 e. The quantitative estimate of drug-likeness (QED) is 0.0818. The minimum absolute atomic E-state index is 0.00261. The van der Waals surface area contributed by atoms with E-state index < -0.39 is 31.9 Å². The lowest BCUT2D eigenvalue weighted by Gasteiger charge is -2.30. The van der Waals surface area contributed by atoms with E-state index in [-0.39, 0.29) is 69.2 Å². The Labute approximate surface area is 434 Å². The second kappa shape index (κ2) is 22.4. The monoisotopic (exact) mass is 1100 g/mol. The molecule has 2 aliphatic rings. The molecule has 6 aromatic heterocycles. The van der Waals surface area contributed by atoms with Crippen LogP contribution in [0.1, 0.15) is 102 Å². The summed E-state index contributed by atoms with van der Waals surface area (Å²) < 4.78 is 67.4. The number of carbonyl (C=O) groups is 2. The minimum atomic E-state index is -4.26. The van der Waals surface area contributed by atoms with Gasteiger partial charge in [-0.25, -0.2) is 39.3 Å². The molecule has 0 radical (unpaired) electrons. The number of amides is 2. The Morgan fingerprint density at radius 2 is 1.04 bits per heavy atom. The summed E-state index contributed by atoms with van der Waals surface area (Å²) in [6, 6.07) is 20.9.